The second-order valence-corrected chi connectivity index (χ2v) is 11.7. The van der Waals surface area contributed by atoms with Crippen molar-refractivity contribution in [3.8, 4) is 5.75 Å². The number of amides is 2. The Morgan fingerprint density at radius 2 is 1.59 bits per heavy atom. The first kappa shape index (κ1) is 34.8. The molecule has 9 nitrogen and oxygen atoms in total. The lowest BCUT2D eigenvalue weighted by molar-refractivity contribution is -0.144. The summed E-state index contributed by atoms with van der Waals surface area (Å²) in [4.78, 5) is 41.0. The number of ether oxygens (including phenoxy) is 3. The number of benzene rings is 4. The number of carbonyl (C=O) groups excluding carboxylic acids is 3. The molecule has 49 heavy (non-hydrogen) atoms. The number of hydrogen-bond donors (Lipinski definition) is 2. The fourth-order valence-corrected chi connectivity index (χ4v) is 5.80. The van der Waals surface area contributed by atoms with Gasteiger partial charge in [0, 0.05) is 5.69 Å². The summed E-state index contributed by atoms with van der Waals surface area (Å²) in [5, 5.41) is 14.6. The third-order valence-corrected chi connectivity index (χ3v) is 8.29. The molecule has 0 aromatic heterocycles. The van der Waals surface area contributed by atoms with Crippen molar-refractivity contribution in [1.82, 2.24) is 4.90 Å². The normalized spacial score (nSPS) is 15.8. The first-order valence-corrected chi connectivity index (χ1v) is 16.1. The van der Waals surface area contributed by atoms with Gasteiger partial charge in [-0.2, -0.15) is 0 Å². The number of nitrogens with one attached hydrogen (secondary N) is 1. The number of nitrogens with zero attached hydrogens (tertiary/aromatic N) is 1. The Morgan fingerprint density at radius 1 is 0.939 bits per heavy atom. The molecule has 1 fully saturated rings. The molecule has 2 N–H and O–H groups in total. The lowest BCUT2D eigenvalue weighted by Crippen LogP contribution is -2.46. The fraction of sp³-hybridized carbons (Fsp3) is 0.256. The highest BCUT2D eigenvalue weighted by atomic mass is 19.1. The van der Waals surface area contributed by atoms with Crippen LogP contribution in [-0.4, -0.2) is 53.8 Å². The first-order chi connectivity index (χ1) is 23.8. The predicted molar refractivity (Wildman–Crippen MR) is 182 cm³/mol. The number of imide groups is 1. The van der Waals surface area contributed by atoms with Gasteiger partial charge < -0.3 is 24.6 Å². The van der Waals surface area contributed by atoms with Gasteiger partial charge in [-0.1, -0.05) is 85.5 Å². The van der Waals surface area contributed by atoms with Gasteiger partial charge in [-0.3, -0.25) is 4.79 Å². The monoisotopic (exact) mass is 666 g/mol. The van der Waals surface area contributed by atoms with Gasteiger partial charge in [0.2, 0.25) is 5.91 Å². The first-order valence-electron chi connectivity index (χ1n) is 16.1. The third kappa shape index (κ3) is 9.55. The molecule has 5 rings (SSSR count). The average molecular weight is 667 g/mol. The summed E-state index contributed by atoms with van der Waals surface area (Å²) < 4.78 is 29.6. The number of aliphatic hydroxyl groups excluding tert-OH is 1. The molecule has 254 valence electrons. The number of esters is 1. The maximum atomic E-state index is 14.7. The SMILES string of the molecule is C=CCOC(=O)COc1ccc([C@@H](Nc2ccccc2)[C@@H](CC[C@H](O)c2ccc(F)cc2)C(=O)N2C(=O)OC[C@@H]2Cc2ccccc2)cc1. The molecular formula is C39H39FN2O7. The number of hydrogen-bond acceptors (Lipinski definition) is 8. The van der Waals surface area contributed by atoms with E-state index in [1.165, 1.54) is 35.2 Å². The molecule has 0 spiro atoms. The number of cyclic esters (lactones) is 1. The zero-order chi connectivity index (χ0) is 34.6. The Kier molecular flexibility index (Phi) is 12.1. The van der Waals surface area contributed by atoms with E-state index in [9.17, 15) is 23.9 Å². The molecule has 0 aliphatic carbocycles. The quantitative estimate of drug-likeness (QED) is 0.0991. The molecule has 4 atom stereocenters. The minimum atomic E-state index is -0.990. The van der Waals surface area contributed by atoms with Crippen molar-refractivity contribution in [3.05, 3.63) is 144 Å². The molecule has 1 saturated heterocycles. The zero-order valence-corrected chi connectivity index (χ0v) is 27.0. The van der Waals surface area contributed by atoms with E-state index in [0.717, 1.165) is 11.3 Å². The minimum Gasteiger partial charge on any atom is -0.482 e. The summed E-state index contributed by atoms with van der Waals surface area (Å²) in [6.07, 6.45) is 0.485. The second kappa shape index (κ2) is 17.1. The Balaban J connectivity index is 1.46. The molecule has 0 radical (unpaired) electrons. The van der Waals surface area contributed by atoms with E-state index in [1.54, 1.807) is 24.3 Å². The fourth-order valence-electron chi connectivity index (χ4n) is 5.80. The standard InChI is InChI=1S/C39H39FN2O7/c1-2-23-47-36(44)26-48-33-19-15-29(16-20-33)37(41-31-11-7-4-8-12-31)34(21-22-35(43)28-13-17-30(40)18-14-28)38(45)42-32(25-49-39(42)46)24-27-9-5-3-6-10-27/h2-20,32,34-35,37,41,43H,1,21-26H2/t32-,34+,35-,37+/m0/s1. The molecule has 10 heteroatoms. The van der Waals surface area contributed by atoms with E-state index in [-0.39, 0.29) is 32.7 Å². The molecule has 1 heterocycles. The number of halogens is 1. The zero-order valence-electron chi connectivity index (χ0n) is 27.0. The van der Waals surface area contributed by atoms with Crippen molar-refractivity contribution < 1.29 is 38.1 Å². The highest BCUT2D eigenvalue weighted by Crippen LogP contribution is 2.36. The lowest BCUT2D eigenvalue weighted by Gasteiger charge is -2.32. The van der Waals surface area contributed by atoms with Crippen LogP contribution in [0.5, 0.6) is 5.75 Å². The summed E-state index contributed by atoms with van der Waals surface area (Å²) in [5.74, 6) is -1.86. The van der Waals surface area contributed by atoms with Crippen LogP contribution in [0.15, 0.2) is 122 Å². The highest BCUT2D eigenvalue weighted by Gasteiger charge is 2.43. The van der Waals surface area contributed by atoms with Crippen molar-refractivity contribution in [2.24, 2.45) is 5.92 Å². The van der Waals surface area contributed by atoms with Gasteiger partial charge in [-0.25, -0.2) is 18.9 Å². The van der Waals surface area contributed by atoms with E-state index < -0.39 is 47.9 Å². The molecular weight excluding hydrogens is 627 g/mol. The average Bonchev–Trinajstić information content (AvgIpc) is 3.49. The van der Waals surface area contributed by atoms with E-state index in [4.69, 9.17) is 14.2 Å². The van der Waals surface area contributed by atoms with E-state index in [1.807, 2.05) is 60.7 Å². The summed E-state index contributed by atoms with van der Waals surface area (Å²) >= 11 is 0. The summed E-state index contributed by atoms with van der Waals surface area (Å²) in [5.41, 5.74) is 2.90. The summed E-state index contributed by atoms with van der Waals surface area (Å²) in [6, 6.07) is 30.2. The number of anilines is 1. The molecule has 0 bridgehead atoms. The molecule has 2 amide bonds. The van der Waals surface area contributed by atoms with Gasteiger partial charge in [-0.15, -0.1) is 0 Å². The number of carbonyl (C=O) groups is 3. The predicted octanol–water partition coefficient (Wildman–Crippen LogP) is 6.81. The summed E-state index contributed by atoms with van der Waals surface area (Å²) in [7, 11) is 0. The van der Waals surface area contributed by atoms with Gasteiger partial charge in [0.05, 0.1) is 24.1 Å². The van der Waals surface area contributed by atoms with Crippen LogP contribution in [0, 0.1) is 11.7 Å². The van der Waals surface area contributed by atoms with Crippen molar-refractivity contribution in [2.75, 3.05) is 25.1 Å². The van der Waals surface area contributed by atoms with Gasteiger partial charge in [0.15, 0.2) is 6.61 Å². The molecule has 4 aromatic rings. The van der Waals surface area contributed by atoms with Crippen molar-refractivity contribution >= 4 is 23.7 Å². The molecule has 4 aromatic carbocycles. The maximum absolute atomic E-state index is 14.7. The minimum absolute atomic E-state index is 0.0580. The summed E-state index contributed by atoms with van der Waals surface area (Å²) in [6.45, 7) is 3.37. The van der Waals surface area contributed by atoms with Crippen LogP contribution in [0.25, 0.3) is 0 Å². The van der Waals surface area contributed by atoms with Crippen LogP contribution in [-0.2, 0) is 25.5 Å². The van der Waals surface area contributed by atoms with Crippen LogP contribution >= 0.6 is 0 Å². The highest BCUT2D eigenvalue weighted by molar-refractivity contribution is 5.95. The Bertz CT molecular complexity index is 1680. The molecule has 0 unspecified atom stereocenters. The Labute approximate surface area is 284 Å². The Hall–Kier alpha value is -5.48. The van der Waals surface area contributed by atoms with Crippen LogP contribution in [0.4, 0.5) is 14.9 Å². The van der Waals surface area contributed by atoms with Gasteiger partial charge in [0.25, 0.3) is 0 Å². The number of rotatable bonds is 16. The Morgan fingerprint density at radius 3 is 2.27 bits per heavy atom. The van der Waals surface area contributed by atoms with Crippen molar-refractivity contribution in [3.63, 3.8) is 0 Å². The van der Waals surface area contributed by atoms with Crippen LogP contribution in [0.3, 0.4) is 0 Å². The molecule has 0 saturated carbocycles. The second-order valence-electron chi connectivity index (χ2n) is 11.7. The van der Waals surface area contributed by atoms with Crippen LogP contribution in [0.1, 0.15) is 41.7 Å². The van der Waals surface area contributed by atoms with Gasteiger partial charge >= 0.3 is 12.1 Å². The van der Waals surface area contributed by atoms with Crippen LogP contribution < -0.4 is 10.1 Å². The van der Waals surface area contributed by atoms with Gasteiger partial charge in [-0.05, 0) is 72.4 Å². The van der Waals surface area contributed by atoms with Crippen molar-refractivity contribution in [1.29, 1.82) is 0 Å². The maximum Gasteiger partial charge on any atom is 0.416 e. The largest absolute Gasteiger partial charge is 0.482 e. The van der Waals surface area contributed by atoms with E-state index >= 15 is 0 Å². The number of aliphatic hydroxyl groups is 1. The van der Waals surface area contributed by atoms with Gasteiger partial charge in [0.1, 0.15) is 24.8 Å². The molecule has 1 aliphatic rings. The molecule has 1 aliphatic heterocycles. The third-order valence-electron chi connectivity index (χ3n) is 8.29. The van der Waals surface area contributed by atoms with E-state index in [2.05, 4.69) is 11.9 Å². The van der Waals surface area contributed by atoms with E-state index in [0.29, 0.717) is 23.3 Å². The smallest absolute Gasteiger partial charge is 0.416 e. The number of para-hydroxylation sites is 1. The lowest BCUT2D eigenvalue weighted by atomic mass is 9.85. The topological polar surface area (TPSA) is 114 Å². The van der Waals surface area contributed by atoms with Crippen molar-refractivity contribution in [2.45, 2.75) is 37.5 Å². The van der Waals surface area contributed by atoms with Crippen LogP contribution in [0.2, 0.25) is 0 Å².